The molecule has 1 rings (SSSR count). The third-order valence-electron chi connectivity index (χ3n) is 4.73. The minimum atomic E-state index is -0.331. The van der Waals surface area contributed by atoms with Crippen LogP contribution >= 0.6 is 0 Å². The Morgan fingerprint density at radius 3 is 2.00 bits per heavy atom. The summed E-state index contributed by atoms with van der Waals surface area (Å²) < 4.78 is 0. The highest BCUT2D eigenvalue weighted by Crippen LogP contribution is 2.39. The largest absolute Gasteiger partial charge is 0.390 e. The van der Waals surface area contributed by atoms with E-state index in [9.17, 15) is 5.11 Å². The summed E-state index contributed by atoms with van der Waals surface area (Å²) in [5, 5.41) is 10.6. The second-order valence-electron chi connectivity index (χ2n) is 6.19. The number of hydrogen-bond donors (Lipinski definition) is 1. The van der Waals surface area contributed by atoms with Gasteiger partial charge in [0.2, 0.25) is 0 Å². The van der Waals surface area contributed by atoms with Gasteiger partial charge < -0.3 is 5.11 Å². The molecule has 0 radical (unpaired) electrons. The lowest BCUT2D eigenvalue weighted by Gasteiger charge is -2.39. The van der Waals surface area contributed by atoms with Gasteiger partial charge in [-0.3, -0.25) is 0 Å². The molecule has 0 aromatic rings. The Labute approximate surface area is 102 Å². The number of aliphatic hydroxyl groups is 1. The Morgan fingerprint density at radius 2 is 1.62 bits per heavy atom. The molecule has 0 bridgehead atoms. The van der Waals surface area contributed by atoms with Gasteiger partial charge in [0.1, 0.15) is 0 Å². The maximum Gasteiger partial charge on any atom is 0.0650 e. The van der Waals surface area contributed by atoms with Crippen LogP contribution in [0.1, 0.15) is 72.6 Å². The van der Waals surface area contributed by atoms with Crippen molar-refractivity contribution >= 4 is 0 Å². The van der Waals surface area contributed by atoms with Crippen molar-refractivity contribution in [3.63, 3.8) is 0 Å². The molecule has 1 heteroatoms. The molecule has 0 atom stereocenters. The molecule has 96 valence electrons. The summed E-state index contributed by atoms with van der Waals surface area (Å²) in [6.45, 7) is 9.13. The Bertz CT molecular complexity index is 186. The van der Waals surface area contributed by atoms with E-state index in [1.165, 1.54) is 25.7 Å². The lowest BCUT2D eigenvalue weighted by molar-refractivity contribution is -0.0349. The predicted molar refractivity (Wildman–Crippen MR) is 70.4 cm³/mol. The molecule has 0 heterocycles. The Kier molecular flexibility index (Phi) is 5.30. The first-order valence-electron chi connectivity index (χ1n) is 7.23. The highest BCUT2D eigenvalue weighted by molar-refractivity contribution is 4.87. The van der Waals surface area contributed by atoms with Crippen LogP contribution in [-0.2, 0) is 0 Å². The Hall–Kier alpha value is -0.0400. The quantitative estimate of drug-likeness (QED) is 0.737. The highest BCUT2D eigenvalue weighted by atomic mass is 16.3. The average molecular weight is 226 g/mol. The molecule has 16 heavy (non-hydrogen) atoms. The first-order chi connectivity index (χ1) is 7.50. The van der Waals surface area contributed by atoms with Crippen molar-refractivity contribution in [1.82, 2.24) is 0 Å². The fourth-order valence-electron chi connectivity index (χ4n) is 3.16. The molecule has 0 spiro atoms. The number of rotatable bonds is 5. The van der Waals surface area contributed by atoms with Crippen LogP contribution in [0.15, 0.2) is 0 Å². The maximum atomic E-state index is 10.6. The van der Waals surface area contributed by atoms with E-state index >= 15 is 0 Å². The van der Waals surface area contributed by atoms with E-state index in [2.05, 4.69) is 27.7 Å². The second-order valence-corrected chi connectivity index (χ2v) is 6.19. The topological polar surface area (TPSA) is 20.2 Å². The molecule has 0 aromatic carbocycles. The predicted octanol–water partition coefficient (Wildman–Crippen LogP) is 4.39. The summed E-state index contributed by atoms with van der Waals surface area (Å²) in [6, 6.07) is 0. The van der Waals surface area contributed by atoms with E-state index in [0.29, 0.717) is 0 Å². The van der Waals surface area contributed by atoms with Crippen LogP contribution in [0.5, 0.6) is 0 Å². The summed E-state index contributed by atoms with van der Waals surface area (Å²) in [7, 11) is 0. The van der Waals surface area contributed by atoms with Gasteiger partial charge in [0.05, 0.1) is 5.60 Å². The van der Waals surface area contributed by atoms with Crippen LogP contribution in [0.3, 0.4) is 0 Å². The van der Waals surface area contributed by atoms with Crippen LogP contribution in [0.2, 0.25) is 0 Å². The van der Waals surface area contributed by atoms with E-state index in [1.807, 2.05) is 0 Å². The van der Waals surface area contributed by atoms with Gasteiger partial charge in [-0.2, -0.15) is 0 Å². The monoisotopic (exact) mass is 226 g/mol. The fraction of sp³-hybridized carbons (Fsp3) is 1.00. The third kappa shape index (κ3) is 3.76. The standard InChI is InChI=1S/C15H30O/c1-5-13(6-2)11-15(16)9-7-14(8-10-15)12(3)4/h12-14,16H,5-11H2,1-4H3. The SMILES string of the molecule is CCC(CC)CC1(O)CCC(C(C)C)CC1. The van der Waals surface area contributed by atoms with Crippen molar-refractivity contribution in [2.45, 2.75) is 78.2 Å². The van der Waals surface area contributed by atoms with Gasteiger partial charge in [0.25, 0.3) is 0 Å². The van der Waals surface area contributed by atoms with Crippen molar-refractivity contribution in [1.29, 1.82) is 0 Å². The molecular weight excluding hydrogens is 196 g/mol. The molecule has 1 aliphatic rings. The molecule has 1 N–H and O–H groups in total. The van der Waals surface area contributed by atoms with Gasteiger partial charge in [-0.15, -0.1) is 0 Å². The van der Waals surface area contributed by atoms with Crippen LogP contribution < -0.4 is 0 Å². The minimum Gasteiger partial charge on any atom is -0.390 e. The zero-order chi connectivity index (χ0) is 12.2. The fourth-order valence-corrected chi connectivity index (χ4v) is 3.16. The first kappa shape index (κ1) is 14.0. The summed E-state index contributed by atoms with van der Waals surface area (Å²) in [5.41, 5.74) is -0.331. The average Bonchev–Trinajstić information content (AvgIpc) is 2.26. The van der Waals surface area contributed by atoms with Crippen molar-refractivity contribution in [2.24, 2.45) is 17.8 Å². The normalized spacial score (nSPS) is 31.3. The van der Waals surface area contributed by atoms with Crippen molar-refractivity contribution in [2.75, 3.05) is 0 Å². The highest BCUT2D eigenvalue weighted by Gasteiger charge is 2.35. The van der Waals surface area contributed by atoms with Gasteiger partial charge in [-0.25, -0.2) is 0 Å². The summed E-state index contributed by atoms with van der Waals surface area (Å²) in [6.07, 6.45) is 7.99. The lowest BCUT2D eigenvalue weighted by atomic mass is 9.71. The van der Waals surface area contributed by atoms with Gasteiger partial charge in [0, 0.05) is 0 Å². The number of hydrogen-bond acceptors (Lipinski definition) is 1. The van der Waals surface area contributed by atoms with Crippen molar-refractivity contribution in [3.8, 4) is 0 Å². The van der Waals surface area contributed by atoms with Crippen molar-refractivity contribution < 1.29 is 5.11 Å². The van der Waals surface area contributed by atoms with Gasteiger partial charge in [-0.1, -0.05) is 40.5 Å². The summed E-state index contributed by atoms with van der Waals surface area (Å²) in [5.74, 6) is 2.36. The van der Waals surface area contributed by atoms with E-state index in [4.69, 9.17) is 0 Å². The van der Waals surface area contributed by atoms with Crippen LogP contribution in [-0.4, -0.2) is 10.7 Å². The molecule has 1 fully saturated rings. The summed E-state index contributed by atoms with van der Waals surface area (Å²) in [4.78, 5) is 0. The van der Waals surface area contributed by atoms with Gasteiger partial charge in [0.15, 0.2) is 0 Å². The van der Waals surface area contributed by atoms with Gasteiger partial charge >= 0.3 is 0 Å². The van der Waals surface area contributed by atoms with Crippen LogP contribution in [0.25, 0.3) is 0 Å². The molecule has 1 aliphatic carbocycles. The van der Waals surface area contributed by atoms with E-state index in [1.54, 1.807) is 0 Å². The molecule has 0 aliphatic heterocycles. The van der Waals surface area contributed by atoms with E-state index in [0.717, 1.165) is 37.0 Å². The summed E-state index contributed by atoms with van der Waals surface area (Å²) >= 11 is 0. The zero-order valence-electron chi connectivity index (χ0n) is 11.6. The van der Waals surface area contributed by atoms with Gasteiger partial charge in [-0.05, 0) is 49.9 Å². The van der Waals surface area contributed by atoms with E-state index < -0.39 is 0 Å². The van der Waals surface area contributed by atoms with E-state index in [-0.39, 0.29) is 5.60 Å². The minimum absolute atomic E-state index is 0.331. The smallest absolute Gasteiger partial charge is 0.0650 e. The molecular formula is C15H30O. The lowest BCUT2D eigenvalue weighted by Crippen LogP contribution is -2.37. The first-order valence-corrected chi connectivity index (χ1v) is 7.23. The van der Waals surface area contributed by atoms with Crippen LogP contribution in [0, 0.1) is 17.8 Å². The Balaban J connectivity index is 2.43. The maximum absolute atomic E-state index is 10.6. The third-order valence-corrected chi connectivity index (χ3v) is 4.73. The molecule has 0 unspecified atom stereocenters. The van der Waals surface area contributed by atoms with Crippen molar-refractivity contribution in [3.05, 3.63) is 0 Å². The Morgan fingerprint density at radius 1 is 1.12 bits per heavy atom. The molecule has 0 amide bonds. The molecule has 1 nitrogen and oxygen atoms in total. The second kappa shape index (κ2) is 6.05. The molecule has 1 saturated carbocycles. The zero-order valence-corrected chi connectivity index (χ0v) is 11.6. The molecule has 0 aromatic heterocycles. The van der Waals surface area contributed by atoms with Crippen LogP contribution in [0.4, 0.5) is 0 Å². The molecule has 0 saturated heterocycles.